The van der Waals surface area contributed by atoms with E-state index in [2.05, 4.69) is 10.5 Å². The van der Waals surface area contributed by atoms with Crippen molar-refractivity contribution in [1.82, 2.24) is 5.43 Å². The second-order valence-electron chi connectivity index (χ2n) is 5.84. The summed E-state index contributed by atoms with van der Waals surface area (Å²) in [5, 5.41) is 7.43. The number of halogens is 1. The molecule has 4 aromatic rings. The highest BCUT2D eigenvalue weighted by atomic mass is 35.5. The Morgan fingerprint density at radius 1 is 1.04 bits per heavy atom. The number of methoxy groups -OCH3 is 1. The molecule has 0 aliphatic carbocycles. The maximum absolute atomic E-state index is 12.5. The van der Waals surface area contributed by atoms with Gasteiger partial charge in [0.25, 0.3) is 5.91 Å². The average molecular weight is 395 g/mol. The number of nitrogens with zero attached hydrogens (tertiary/aromatic N) is 1. The summed E-state index contributed by atoms with van der Waals surface area (Å²) in [6, 6.07) is 19.3. The molecule has 1 amide bonds. The van der Waals surface area contributed by atoms with E-state index >= 15 is 0 Å². The summed E-state index contributed by atoms with van der Waals surface area (Å²) in [5.74, 6) is 0.471. The molecule has 0 spiro atoms. The van der Waals surface area contributed by atoms with Crippen LogP contribution in [-0.2, 0) is 0 Å². The van der Waals surface area contributed by atoms with E-state index in [1.165, 1.54) is 11.3 Å². The number of benzene rings is 3. The minimum Gasteiger partial charge on any atom is -0.496 e. The molecule has 4 rings (SSSR count). The lowest BCUT2D eigenvalue weighted by molar-refractivity contribution is 0.0959. The van der Waals surface area contributed by atoms with E-state index in [0.717, 1.165) is 32.2 Å². The number of hydrogen-bond donors (Lipinski definition) is 1. The highest BCUT2D eigenvalue weighted by molar-refractivity contribution is 7.21. The third kappa shape index (κ3) is 3.27. The number of fused-ring (bicyclic) bond motifs is 2. The number of hydrogen-bond acceptors (Lipinski definition) is 4. The molecule has 0 aliphatic rings. The van der Waals surface area contributed by atoms with E-state index in [1.807, 2.05) is 60.7 Å². The van der Waals surface area contributed by atoms with Crippen LogP contribution < -0.4 is 10.2 Å². The van der Waals surface area contributed by atoms with Gasteiger partial charge in [-0.15, -0.1) is 11.3 Å². The van der Waals surface area contributed by atoms with Crippen molar-refractivity contribution in [3.05, 3.63) is 76.1 Å². The zero-order valence-corrected chi connectivity index (χ0v) is 16.0. The molecule has 0 fully saturated rings. The summed E-state index contributed by atoms with van der Waals surface area (Å²) in [6.07, 6.45) is 1.63. The predicted octanol–water partition coefficient (Wildman–Crippen LogP) is 5.48. The summed E-state index contributed by atoms with van der Waals surface area (Å²) < 4.78 is 6.37. The first-order valence-corrected chi connectivity index (χ1v) is 9.44. The topological polar surface area (TPSA) is 50.7 Å². The lowest BCUT2D eigenvalue weighted by Gasteiger charge is -2.07. The van der Waals surface area contributed by atoms with Gasteiger partial charge >= 0.3 is 0 Å². The van der Waals surface area contributed by atoms with Gasteiger partial charge in [0.1, 0.15) is 10.6 Å². The van der Waals surface area contributed by atoms with Gasteiger partial charge in [-0.05, 0) is 23.6 Å². The Morgan fingerprint density at radius 2 is 1.74 bits per heavy atom. The first-order chi connectivity index (χ1) is 13.2. The fourth-order valence-corrected chi connectivity index (χ4v) is 4.36. The standard InChI is InChI=1S/C21H15ClN2O2S/c1-26-17-11-10-13(14-6-2-3-7-15(14)17)12-23-24-21(25)20-19(22)16-8-4-5-9-18(16)27-20/h2-12H,1H3,(H,24,25)/b23-12+. The van der Waals surface area contributed by atoms with Crippen LogP contribution in [0.3, 0.4) is 0 Å². The summed E-state index contributed by atoms with van der Waals surface area (Å²) in [7, 11) is 1.64. The maximum Gasteiger partial charge on any atom is 0.283 e. The number of thiophene rings is 1. The monoisotopic (exact) mass is 394 g/mol. The van der Waals surface area contributed by atoms with Gasteiger partial charge in [0.15, 0.2) is 0 Å². The largest absolute Gasteiger partial charge is 0.496 e. The van der Waals surface area contributed by atoms with Crippen molar-refractivity contribution in [1.29, 1.82) is 0 Å². The number of rotatable bonds is 4. The van der Waals surface area contributed by atoms with Crippen LogP contribution >= 0.6 is 22.9 Å². The second-order valence-corrected chi connectivity index (χ2v) is 7.27. The molecule has 0 unspecified atom stereocenters. The number of ether oxygens (including phenoxy) is 1. The number of nitrogens with one attached hydrogen (secondary N) is 1. The molecule has 0 saturated carbocycles. The molecule has 6 heteroatoms. The molecule has 4 nitrogen and oxygen atoms in total. The lowest BCUT2D eigenvalue weighted by atomic mass is 10.0. The Bertz CT molecular complexity index is 1180. The molecule has 1 heterocycles. The molecule has 0 saturated heterocycles. The molecule has 134 valence electrons. The summed E-state index contributed by atoms with van der Waals surface area (Å²) in [4.78, 5) is 12.9. The van der Waals surface area contributed by atoms with Crippen LogP contribution in [0, 0.1) is 0 Å². The molecule has 1 aromatic heterocycles. The minimum atomic E-state index is -0.324. The Hall–Kier alpha value is -2.89. The van der Waals surface area contributed by atoms with Crippen LogP contribution in [-0.4, -0.2) is 19.2 Å². The van der Waals surface area contributed by atoms with Gasteiger partial charge in [0.2, 0.25) is 0 Å². The number of hydrazone groups is 1. The zero-order valence-electron chi connectivity index (χ0n) is 14.4. The quantitative estimate of drug-likeness (QED) is 0.368. The van der Waals surface area contributed by atoms with Crippen molar-refractivity contribution in [2.75, 3.05) is 7.11 Å². The van der Waals surface area contributed by atoms with Gasteiger partial charge < -0.3 is 4.74 Å². The van der Waals surface area contributed by atoms with Crippen LogP contribution in [0.2, 0.25) is 5.02 Å². The minimum absolute atomic E-state index is 0.324. The van der Waals surface area contributed by atoms with Crippen LogP contribution in [0.15, 0.2) is 65.8 Å². The summed E-state index contributed by atoms with van der Waals surface area (Å²) in [5.41, 5.74) is 3.45. The molecule has 27 heavy (non-hydrogen) atoms. The van der Waals surface area contributed by atoms with Gasteiger partial charge in [-0.1, -0.05) is 54.1 Å². The second kappa shape index (κ2) is 7.39. The first kappa shape index (κ1) is 17.5. The Kier molecular flexibility index (Phi) is 4.79. The Labute approximate surface area is 165 Å². The van der Waals surface area contributed by atoms with Gasteiger partial charge in [-0.25, -0.2) is 5.43 Å². The number of carbonyl (C=O) groups excluding carboxylic acids is 1. The van der Waals surface area contributed by atoms with Gasteiger partial charge in [-0.3, -0.25) is 4.79 Å². The molecular weight excluding hydrogens is 380 g/mol. The molecule has 0 atom stereocenters. The van der Waals surface area contributed by atoms with E-state index in [0.29, 0.717) is 9.90 Å². The molecule has 0 radical (unpaired) electrons. The normalized spacial score (nSPS) is 11.3. The fraction of sp³-hybridized carbons (Fsp3) is 0.0476. The number of carbonyl (C=O) groups is 1. The van der Waals surface area contributed by atoms with E-state index in [4.69, 9.17) is 16.3 Å². The molecule has 0 bridgehead atoms. The van der Waals surface area contributed by atoms with Gasteiger partial charge in [0.05, 0.1) is 18.3 Å². The van der Waals surface area contributed by atoms with Gasteiger partial charge in [0, 0.05) is 21.0 Å². The average Bonchev–Trinajstić information content (AvgIpc) is 3.05. The van der Waals surface area contributed by atoms with E-state index in [1.54, 1.807) is 13.3 Å². The van der Waals surface area contributed by atoms with Gasteiger partial charge in [-0.2, -0.15) is 5.10 Å². The number of amides is 1. The van der Waals surface area contributed by atoms with Crippen molar-refractivity contribution in [3.63, 3.8) is 0 Å². The third-order valence-electron chi connectivity index (χ3n) is 4.25. The lowest BCUT2D eigenvalue weighted by Crippen LogP contribution is -2.16. The molecular formula is C21H15ClN2O2S. The highest BCUT2D eigenvalue weighted by Crippen LogP contribution is 2.35. The predicted molar refractivity (Wildman–Crippen MR) is 112 cm³/mol. The fourth-order valence-electron chi connectivity index (χ4n) is 2.96. The van der Waals surface area contributed by atoms with Crippen LogP contribution in [0.1, 0.15) is 15.2 Å². The highest BCUT2D eigenvalue weighted by Gasteiger charge is 2.16. The Balaban J connectivity index is 1.60. The third-order valence-corrected chi connectivity index (χ3v) is 5.92. The van der Waals surface area contributed by atoms with Crippen LogP contribution in [0.5, 0.6) is 5.75 Å². The van der Waals surface area contributed by atoms with Crippen molar-refractivity contribution >= 4 is 55.9 Å². The van der Waals surface area contributed by atoms with E-state index in [9.17, 15) is 4.79 Å². The van der Waals surface area contributed by atoms with Crippen LogP contribution in [0.25, 0.3) is 20.9 Å². The zero-order chi connectivity index (χ0) is 18.8. The summed E-state index contributed by atoms with van der Waals surface area (Å²) >= 11 is 7.69. The Morgan fingerprint density at radius 3 is 2.48 bits per heavy atom. The molecule has 0 aliphatic heterocycles. The van der Waals surface area contributed by atoms with E-state index < -0.39 is 0 Å². The van der Waals surface area contributed by atoms with Crippen LogP contribution in [0.4, 0.5) is 0 Å². The smallest absolute Gasteiger partial charge is 0.283 e. The van der Waals surface area contributed by atoms with Crippen molar-refractivity contribution in [2.24, 2.45) is 5.10 Å². The van der Waals surface area contributed by atoms with Crippen molar-refractivity contribution < 1.29 is 9.53 Å². The molecule has 3 aromatic carbocycles. The molecule has 1 N–H and O–H groups in total. The van der Waals surface area contributed by atoms with Crippen molar-refractivity contribution in [3.8, 4) is 5.75 Å². The SMILES string of the molecule is COc1ccc(/C=N/NC(=O)c2sc3ccccc3c2Cl)c2ccccc12. The summed E-state index contributed by atoms with van der Waals surface area (Å²) in [6.45, 7) is 0. The maximum atomic E-state index is 12.5. The van der Waals surface area contributed by atoms with E-state index in [-0.39, 0.29) is 5.91 Å². The first-order valence-electron chi connectivity index (χ1n) is 8.25. The van der Waals surface area contributed by atoms with Crippen molar-refractivity contribution in [2.45, 2.75) is 0 Å².